The third-order valence-corrected chi connectivity index (χ3v) is 3.00. The Balaban J connectivity index is 2.13. The SMILES string of the molecule is COc1ccc(CN(C)C(=O)c2ccnc(F)c2F)cc1. The maximum Gasteiger partial charge on any atom is 0.257 e. The Morgan fingerprint density at radius 3 is 2.52 bits per heavy atom. The van der Waals surface area contributed by atoms with E-state index in [2.05, 4.69) is 4.98 Å². The summed E-state index contributed by atoms with van der Waals surface area (Å²) in [5, 5.41) is 0. The van der Waals surface area contributed by atoms with Crippen molar-refractivity contribution in [3.8, 4) is 5.75 Å². The van der Waals surface area contributed by atoms with Crippen molar-refractivity contribution in [2.45, 2.75) is 6.54 Å². The average molecular weight is 292 g/mol. The van der Waals surface area contributed by atoms with E-state index in [0.29, 0.717) is 5.75 Å². The smallest absolute Gasteiger partial charge is 0.257 e. The number of hydrogen-bond acceptors (Lipinski definition) is 3. The van der Waals surface area contributed by atoms with Gasteiger partial charge in [0, 0.05) is 19.8 Å². The van der Waals surface area contributed by atoms with Crippen molar-refractivity contribution in [1.82, 2.24) is 9.88 Å². The van der Waals surface area contributed by atoms with Gasteiger partial charge in [0.25, 0.3) is 5.91 Å². The van der Waals surface area contributed by atoms with Gasteiger partial charge in [-0.1, -0.05) is 12.1 Å². The van der Waals surface area contributed by atoms with Gasteiger partial charge in [-0.25, -0.2) is 9.37 Å². The number of nitrogens with zero attached hydrogens (tertiary/aromatic N) is 2. The predicted octanol–water partition coefficient (Wildman–Crippen LogP) is 2.64. The minimum absolute atomic E-state index is 0.270. The van der Waals surface area contributed by atoms with E-state index in [1.54, 1.807) is 31.4 Å². The molecular weight excluding hydrogens is 278 g/mol. The van der Waals surface area contributed by atoms with Gasteiger partial charge in [0.2, 0.25) is 5.95 Å². The Morgan fingerprint density at radius 1 is 1.24 bits per heavy atom. The van der Waals surface area contributed by atoms with Crippen LogP contribution in [0.4, 0.5) is 8.78 Å². The lowest BCUT2D eigenvalue weighted by molar-refractivity contribution is 0.0779. The topological polar surface area (TPSA) is 42.4 Å². The molecule has 2 aromatic rings. The van der Waals surface area contributed by atoms with Crippen LogP contribution < -0.4 is 4.74 Å². The van der Waals surface area contributed by atoms with Crippen molar-refractivity contribution >= 4 is 5.91 Å². The highest BCUT2D eigenvalue weighted by atomic mass is 19.2. The van der Waals surface area contributed by atoms with Crippen molar-refractivity contribution < 1.29 is 18.3 Å². The molecule has 21 heavy (non-hydrogen) atoms. The van der Waals surface area contributed by atoms with E-state index in [0.717, 1.165) is 17.8 Å². The highest BCUT2D eigenvalue weighted by Gasteiger charge is 2.19. The fraction of sp³-hybridized carbons (Fsp3) is 0.200. The molecule has 0 saturated carbocycles. The van der Waals surface area contributed by atoms with Crippen LogP contribution >= 0.6 is 0 Å². The van der Waals surface area contributed by atoms with E-state index >= 15 is 0 Å². The summed E-state index contributed by atoms with van der Waals surface area (Å²) in [6, 6.07) is 8.28. The zero-order chi connectivity index (χ0) is 15.4. The number of ether oxygens (including phenoxy) is 1. The van der Waals surface area contributed by atoms with E-state index in [-0.39, 0.29) is 12.1 Å². The fourth-order valence-electron chi connectivity index (χ4n) is 1.87. The monoisotopic (exact) mass is 292 g/mol. The Labute approximate surface area is 121 Å². The molecule has 0 fully saturated rings. The molecule has 0 radical (unpaired) electrons. The van der Waals surface area contributed by atoms with Crippen molar-refractivity contribution in [3.05, 3.63) is 59.4 Å². The average Bonchev–Trinajstić information content (AvgIpc) is 2.50. The summed E-state index contributed by atoms with van der Waals surface area (Å²) in [7, 11) is 3.08. The Hall–Kier alpha value is -2.50. The molecule has 0 atom stereocenters. The number of carbonyl (C=O) groups is 1. The van der Waals surface area contributed by atoms with Gasteiger partial charge in [-0.15, -0.1) is 0 Å². The van der Waals surface area contributed by atoms with E-state index in [1.807, 2.05) is 0 Å². The molecule has 0 unspecified atom stereocenters. The maximum absolute atomic E-state index is 13.5. The third-order valence-electron chi connectivity index (χ3n) is 3.00. The quantitative estimate of drug-likeness (QED) is 0.814. The van der Waals surface area contributed by atoms with E-state index < -0.39 is 17.7 Å². The highest BCUT2D eigenvalue weighted by molar-refractivity contribution is 5.94. The van der Waals surface area contributed by atoms with Crippen LogP contribution in [0.3, 0.4) is 0 Å². The highest BCUT2D eigenvalue weighted by Crippen LogP contribution is 2.15. The minimum Gasteiger partial charge on any atom is -0.497 e. The molecule has 0 aliphatic rings. The molecule has 0 bridgehead atoms. The van der Waals surface area contributed by atoms with Crippen LogP contribution in [0, 0.1) is 11.8 Å². The van der Waals surface area contributed by atoms with Gasteiger partial charge in [-0.05, 0) is 23.8 Å². The summed E-state index contributed by atoms with van der Waals surface area (Å²) in [5.41, 5.74) is 0.514. The van der Waals surface area contributed by atoms with Gasteiger partial charge in [-0.3, -0.25) is 4.79 Å². The summed E-state index contributed by atoms with van der Waals surface area (Å²) in [6.45, 7) is 0.270. The molecule has 1 heterocycles. The number of benzene rings is 1. The normalized spacial score (nSPS) is 10.3. The molecule has 0 N–H and O–H groups in total. The number of halogens is 2. The molecule has 1 aromatic heterocycles. The van der Waals surface area contributed by atoms with Crippen LogP contribution in [-0.2, 0) is 6.54 Å². The van der Waals surface area contributed by atoms with Crippen molar-refractivity contribution in [1.29, 1.82) is 0 Å². The first-order valence-corrected chi connectivity index (χ1v) is 6.21. The Morgan fingerprint density at radius 2 is 1.90 bits per heavy atom. The maximum atomic E-state index is 13.5. The largest absolute Gasteiger partial charge is 0.497 e. The van der Waals surface area contributed by atoms with Crippen molar-refractivity contribution in [2.24, 2.45) is 0 Å². The van der Waals surface area contributed by atoms with Crippen LogP contribution in [0.2, 0.25) is 0 Å². The first kappa shape index (κ1) is 14.9. The first-order chi connectivity index (χ1) is 10.0. The summed E-state index contributed by atoms with van der Waals surface area (Å²) >= 11 is 0. The zero-order valence-electron chi connectivity index (χ0n) is 11.6. The Kier molecular flexibility index (Phi) is 4.47. The molecule has 1 aromatic carbocycles. The van der Waals surface area contributed by atoms with Crippen LogP contribution in [0.15, 0.2) is 36.5 Å². The Bertz CT molecular complexity index is 645. The summed E-state index contributed by atoms with van der Waals surface area (Å²) in [4.78, 5) is 16.6. The van der Waals surface area contributed by atoms with Gasteiger partial charge in [0.1, 0.15) is 5.75 Å². The summed E-state index contributed by atoms with van der Waals surface area (Å²) in [5.74, 6) is -2.41. The lowest BCUT2D eigenvalue weighted by Crippen LogP contribution is -2.27. The molecule has 4 nitrogen and oxygen atoms in total. The minimum atomic E-state index is -1.28. The van der Waals surface area contributed by atoms with E-state index in [1.165, 1.54) is 11.9 Å². The second-order valence-electron chi connectivity index (χ2n) is 4.47. The predicted molar refractivity (Wildman–Crippen MR) is 72.9 cm³/mol. The van der Waals surface area contributed by atoms with Crippen molar-refractivity contribution in [2.75, 3.05) is 14.2 Å². The number of amides is 1. The van der Waals surface area contributed by atoms with Crippen LogP contribution in [-0.4, -0.2) is 29.9 Å². The van der Waals surface area contributed by atoms with Gasteiger partial charge in [-0.2, -0.15) is 4.39 Å². The summed E-state index contributed by atoms with van der Waals surface area (Å²) < 4.78 is 31.6. The molecule has 0 spiro atoms. The lowest BCUT2D eigenvalue weighted by Gasteiger charge is -2.17. The zero-order valence-corrected chi connectivity index (χ0v) is 11.6. The van der Waals surface area contributed by atoms with Crippen LogP contribution in [0.25, 0.3) is 0 Å². The summed E-state index contributed by atoms with van der Waals surface area (Å²) in [6.07, 6.45) is 1.06. The molecule has 0 aliphatic carbocycles. The molecule has 110 valence electrons. The van der Waals surface area contributed by atoms with Crippen LogP contribution in [0.5, 0.6) is 5.75 Å². The van der Waals surface area contributed by atoms with Gasteiger partial charge >= 0.3 is 0 Å². The van der Waals surface area contributed by atoms with Crippen molar-refractivity contribution in [3.63, 3.8) is 0 Å². The second-order valence-corrected chi connectivity index (χ2v) is 4.47. The van der Waals surface area contributed by atoms with E-state index in [9.17, 15) is 13.6 Å². The lowest BCUT2D eigenvalue weighted by atomic mass is 10.2. The molecule has 2 rings (SSSR count). The molecule has 0 aliphatic heterocycles. The number of methoxy groups -OCH3 is 1. The molecule has 0 saturated heterocycles. The molecule has 6 heteroatoms. The van der Waals surface area contributed by atoms with Gasteiger partial charge in [0.05, 0.1) is 12.7 Å². The molecular formula is C15H14F2N2O2. The number of hydrogen-bond donors (Lipinski definition) is 0. The first-order valence-electron chi connectivity index (χ1n) is 6.21. The fourth-order valence-corrected chi connectivity index (χ4v) is 1.87. The standard InChI is InChI=1S/C15H14F2N2O2/c1-19(9-10-3-5-11(21-2)6-4-10)15(20)12-7-8-18-14(17)13(12)16/h3-8H,9H2,1-2H3. The number of carbonyl (C=O) groups excluding carboxylic acids is 1. The second kappa shape index (κ2) is 6.30. The van der Waals surface area contributed by atoms with Gasteiger partial charge in [0.15, 0.2) is 5.82 Å². The third kappa shape index (κ3) is 3.34. The van der Waals surface area contributed by atoms with E-state index in [4.69, 9.17) is 4.74 Å². The number of rotatable bonds is 4. The van der Waals surface area contributed by atoms with Crippen LogP contribution in [0.1, 0.15) is 15.9 Å². The molecule has 1 amide bonds. The number of aromatic nitrogens is 1. The number of pyridine rings is 1. The van der Waals surface area contributed by atoms with Gasteiger partial charge < -0.3 is 9.64 Å².